The van der Waals surface area contributed by atoms with E-state index in [-0.39, 0.29) is 17.5 Å². The molecule has 1 fully saturated rings. The van der Waals surface area contributed by atoms with E-state index >= 15 is 0 Å². The average molecular weight is 427 g/mol. The van der Waals surface area contributed by atoms with Crippen molar-refractivity contribution in [3.05, 3.63) is 65.0 Å². The van der Waals surface area contributed by atoms with Crippen LogP contribution in [0.4, 0.5) is 4.39 Å². The van der Waals surface area contributed by atoms with E-state index in [0.29, 0.717) is 26.1 Å². The lowest BCUT2D eigenvalue weighted by Crippen LogP contribution is -2.38. The lowest BCUT2D eigenvalue weighted by molar-refractivity contribution is -0.128. The fraction of sp³-hybridized carbons (Fsp3) is 0.417. The number of likely N-dealkylation sites (tertiary alicyclic amines) is 1. The number of halogens is 1. The van der Waals surface area contributed by atoms with Gasteiger partial charge in [0, 0.05) is 39.6 Å². The summed E-state index contributed by atoms with van der Waals surface area (Å²) in [5.41, 5.74) is 3.04. The lowest BCUT2D eigenvalue weighted by atomic mass is 10.1. The molecule has 0 saturated carbocycles. The molecule has 31 heavy (non-hydrogen) atoms. The number of hydrogen-bond donors (Lipinski definition) is 1. The molecule has 3 rings (SSSR count). The third-order valence-corrected chi connectivity index (χ3v) is 5.28. The van der Waals surface area contributed by atoms with Crippen LogP contribution in [0.15, 0.2) is 47.5 Å². The molecule has 1 N–H and O–H groups in total. The van der Waals surface area contributed by atoms with E-state index in [1.54, 1.807) is 6.07 Å². The highest BCUT2D eigenvalue weighted by Gasteiger charge is 2.20. The predicted octanol–water partition coefficient (Wildman–Crippen LogP) is 3.55. The van der Waals surface area contributed by atoms with Crippen LogP contribution >= 0.6 is 0 Å². The number of carbonyl (C=O) groups is 1. The molecule has 0 bridgehead atoms. The Labute approximate surface area is 183 Å². The number of nitrogens with zero attached hydrogens (tertiary/aromatic N) is 3. The smallest absolute Gasteiger partial charge is 0.222 e. The van der Waals surface area contributed by atoms with Gasteiger partial charge in [0.2, 0.25) is 5.91 Å². The maximum Gasteiger partial charge on any atom is 0.222 e. The number of guanidine groups is 1. The minimum absolute atomic E-state index is 0.231. The Hall–Kier alpha value is -3.09. The predicted molar refractivity (Wildman–Crippen MR) is 120 cm³/mol. The molecule has 166 valence electrons. The van der Waals surface area contributed by atoms with E-state index < -0.39 is 0 Å². The van der Waals surface area contributed by atoms with Crippen molar-refractivity contribution in [2.24, 2.45) is 4.99 Å². The van der Waals surface area contributed by atoms with Crippen LogP contribution in [0.2, 0.25) is 0 Å². The van der Waals surface area contributed by atoms with Gasteiger partial charge in [-0.2, -0.15) is 0 Å². The van der Waals surface area contributed by atoms with Gasteiger partial charge in [-0.1, -0.05) is 30.3 Å². The molecule has 0 unspecified atom stereocenters. The number of carbonyl (C=O) groups excluding carboxylic acids is 1. The number of rotatable bonds is 8. The van der Waals surface area contributed by atoms with Crippen LogP contribution < -0.4 is 10.1 Å². The van der Waals surface area contributed by atoms with Crippen LogP contribution in [-0.2, 0) is 24.4 Å². The fourth-order valence-electron chi connectivity index (χ4n) is 3.71. The van der Waals surface area contributed by atoms with E-state index in [9.17, 15) is 9.18 Å². The highest BCUT2D eigenvalue weighted by Crippen LogP contribution is 2.19. The molecule has 7 heteroatoms. The lowest BCUT2D eigenvalue weighted by Gasteiger charge is -2.22. The molecule has 0 radical (unpaired) electrons. The molecule has 1 aliphatic heterocycles. The van der Waals surface area contributed by atoms with Crippen LogP contribution in [0.1, 0.15) is 36.5 Å². The SMILES string of the molecule is CCNC(=NCc1cccc(CN2CCCC2=O)c1)N(C)Cc1ccc(OC)c(F)c1. The van der Waals surface area contributed by atoms with Crippen molar-refractivity contribution in [3.8, 4) is 5.75 Å². The molecule has 0 aromatic heterocycles. The monoisotopic (exact) mass is 426 g/mol. The van der Waals surface area contributed by atoms with Crippen molar-refractivity contribution in [1.82, 2.24) is 15.1 Å². The molecule has 6 nitrogen and oxygen atoms in total. The summed E-state index contributed by atoms with van der Waals surface area (Å²) in [4.78, 5) is 20.5. The summed E-state index contributed by atoms with van der Waals surface area (Å²) in [7, 11) is 3.39. The molecule has 1 heterocycles. The van der Waals surface area contributed by atoms with E-state index in [1.807, 2.05) is 48.0 Å². The highest BCUT2D eigenvalue weighted by molar-refractivity contribution is 5.79. The van der Waals surface area contributed by atoms with Crippen molar-refractivity contribution in [3.63, 3.8) is 0 Å². The maximum atomic E-state index is 14.0. The Bertz CT molecular complexity index is 932. The van der Waals surface area contributed by atoms with Crippen LogP contribution in [0.5, 0.6) is 5.75 Å². The van der Waals surface area contributed by atoms with E-state index in [0.717, 1.165) is 42.2 Å². The van der Waals surface area contributed by atoms with E-state index in [1.165, 1.54) is 13.2 Å². The first-order valence-corrected chi connectivity index (χ1v) is 10.7. The molecular formula is C24H31FN4O2. The second-order valence-electron chi connectivity index (χ2n) is 7.73. The highest BCUT2D eigenvalue weighted by atomic mass is 19.1. The second kappa shape index (κ2) is 10.8. The van der Waals surface area contributed by atoms with Gasteiger partial charge in [0.25, 0.3) is 0 Å². The van der Waals surface area contributed by atoms with Crippen molar-refractivity contribution in [2.75, 3.05) is 27.2 Å². The minimum atomic E-state index is -0.372. The van der Waals surface area contributed by atoms with Gasteiger partial charge >= 0.3 is 0 Å². The number of amides is 1. The van der Waals surface area contributed by atoms with Crippen LogP contribution in [0, 0.1) is 5.82 Å². The molecule has 2 aromatic carbocycles. The third-order valence-electron chi connectivity index (χ3n) is 5.28. The van der Waals surface area contributed by atoms with Crippen LogP contribution in [0.25, 0.3) is 0 Å². The minimum Gasteiger partial charge on any atom is -0.494 e. The largest absolute Gasteiger partial charge is 0.494 e. The Morgan fingerprint density at radius 1 is 1.23 bits per heavy atom. The quantitative estimate of drug-likeness (QED) is 0.518. The summed E-state index contributed by atoms with van der Waals surface area (Å²) in [6.45, 7) is 5.28. The maximum absolute atomic E-state index is 14.0. The van der Waals surface area contributed by atoms with Crippen LogP contribution in [-0.4, -0.2) is 48.9 Å². The molecule has 0 aliphatic carbocycles. The van der Waals surface area contributed by atoms with Gasteiger partial charge in [-0.3, -0.25) is 4.79 Å². The Morgan fingerprint density at radius 2 is 2.03 bits per heavy atom. The van der Waals surface area contributed by atoms with Crippen molar-refractivity contribution < 1.29 is 13.9 Å². The number of methoxy groups -OCH3 is 1. The molecule has 0 atom stereocenters. The normalized spacial score (nSPS) is 14.1. The Balaban J connectivity index is 1.66. The summed E-state index contributed by atoms with van der Waals surface area (Å²) < 4.78 is 19.0. The van der Waals surface area contributed by atoms with E-state index in [4.69, 9.17) is 9.73 Å². The molecular weight excluding hydrogens is 395 g/mol. The zero-order valence-electron chi connectivity index (χ0n) is 18.5. The van der Waals surface area contributed by atoms with Gasteiger partial charge < -0.3 is 19.9 Å². The zero-order chi connectivity index (χ0) is 22.2. The molecule has 0 spiro atoms. The van der Waals surface area contributed by atoms with Gasteiger partial charge in [-0.15, -0.1) is 0 Å². The van der Waals surface area contributed by atoms with Crippen molar-refractivity contribution >= 4 is 11.9 Å². The number of aliphatic imine (C=N–C) groups is 1. The standard InChI is InChI=1S/C24H31FN4O2/c1-4-26-24(28(2)16-20-10-11-22(31-3)21(25)14-20)27-15-18-7-5-8-19(13-18)17-29-12-6-9-23(29)30/h5,7-8,10-11,13-14H,4,6,9,12,15-17H2,1-3H3,(H,26,27). The fourth-order valence-corrected chi connectivity index (χ4v) is 3.71. The summed E-state index contributed by atoms with van der Waals surface area (Å²) in [6, 6.07) is 13.2. The first-order valence-electron chi connectivity index (χ1n) is 10.7. The first kappa shape index (κ1) is 22.6. The summed E-state index contributed by atoms with van der Waals surface area (Å²) in [5.74, 6) is 0.847. The third kappa shape index (κ3) is 6.20. The summed E-state index contributed by atoms with van der Waals surface area (Å²) >= 11 is 0. The number of ether oxygens (including phenoxy) is 1. The van der Waals surface area contributed by atoms with Gasteiger partial charge in [0.05, 0.1) is 13.7 Å². The Morgan fingerprint density at radius 3 is 2.71 bits per heavy atom. The van der Waals surface area contributed by atoms with Crippen molar-refractivity contribution in [1.29, 1.82) is 0 Å². The molecule has 2 aromatic rings. The van der Waals surface area contributed by atoms with Crippen LogP contribution in [0.3, 0.4) is 0 Å². The summed E-state index contributed by atoms with van der Waals surface area (Å²) in [6.07, 6.45) is 1.60. The second-order valence-corrected chi connectivity index (χ2v) is 7.73. The Kier molecular flexibility index (Phi) is 7.87. The van der Waals surface area contributed by atoms with Gasteiger partial charge in [0.1, 0.15) is 0 Å². The zero-order valence-corrected chi connectivity index (χ0v) is 18.5. The van der Waals surface area contributed by atoms with Gasteiger partial charge in [-0.25, -0.2) is 9.38 Å². The van der Waals surface area contributed by atoms with Gasteiger partial charge in [-0.05, 0) is 42.2 Å². The first-order chi connectivity index (χ1) is 15.0. The number of nitrogens with one attached hydrogen (secondary N) is 1. The van der Waals surface area contributed by atoms with Crippen molar-refractivity contribution in [2.45, 2.75) is 39.4 Å². The number of benzene rings is 2. The molecule has 1 aliphatic rings. The molecule has 1 amide bonds. The van der Waals surface area contributed by atoms with E-state index in [2.05, 4.69) is 11.4 Å². The molecule has 1 saturated heterocycles. The average Bonchev–Trinajstić information content (AvgIpc) is 3.16. The topological polar surface area (TPSA) is 57.2 Å². The summed E-state index contributed by atoms with van der Waals surface area (Å²) in [5, 5.41) is 3.29. The van der Waals surface area contributed by atoms with Gasteiger partial charge in [0.15, 0.2) is 17.5 Å². The number of hydrogen-bond acceptors (Lipinski definition) is 3.